The molecule has 3 nitrogen and oxygen atoms in total. The van der Waals surface area contributed by atoms with Gasteiger partial charge in [-0.1, -0.05) is 0 Å². The fraction of sp³-hybridized carbons (Fsp3) is 0.667. The number of rotatable bonds is 2. The molecule has 1 saturated carbocycles. The summed E-state index contributed by atoms with van der Waals surface area (Å²) in [5, 5.41) is 0. The predicted octanol–water partition coefficient (Wildman–Crippen LogP) is 1.02. The minimum atomic E-state index is 0.231. The van der Waals surface area contributed by atoms with Crippen molar-refractivity contribution in [3.05, 3.63) is 17.2 Å². The smallest absolute Gasteiger partial charge is 0.103 e. The number of aromatic amines is 1. The molecule has 2 rings (SSSR count). The van der Waals surface area contributed by atoms with Crippen LogP contribution in [-0.2, 0) is 5.41 Å². The van der Waals surface area contributed by atoms with E-state index in [1.165, 1.54) is 24.2 Å². The Bertz CT molecular complexity index is 297. The monoisotopic (exact) mass is 165 g/mol. The van der Waals surface area contributed by atoms with Gasteiger partial charge in [0.25, 0.3) is 0 Å². The molecule has 0 aliphatic heterocycles. The summed E-state index contributed by atoms with van der Waals surface area (Å²) in [5.74, 6) is 1.00. The SMILES string of the molecule is Cc1nc(C2(CN)CC2)c(C)[nH]1. The quantitative estimate of drug-likeness (QED) is 0.687. The molecule has 12 heavy (non-hydrogen) atoms. The molecule has 1 aliphatic rings. The summed E-state index contributed by atoms with van der Waals surface area (Å²) in [5.41, 5.74) is 8.34. The number of imidazole rings is 1. The largest absolute Gasteiger partial charge is 0.346 e. The van der Waals surface area contributed by atoms with E-state index in [0.29, 0.717) is 0 Å². The lowest BCUT2D eigenvalue weighted by molar-refractivity contribution is 0.676. The Morgan fingerprint density at radius 1 is 1.50 bits per heavy atom. The molecular weight excluding hydrogens is 150 g/mol. The molecule has 0 radical (unpaired) electrons. The normalized spacial score (nSPS) is 19.6. The molecule has 0 bridgehead atoms. The van der Waals surface area contributed by atoms with Gasteiger partial charge in [-0.05, 0) is 26.7 Å². The van der Waals surface area contributed by atoms with Crippen LogP contribution in [0.2, 0.25) is 0 Å². The van der Waals surface area contributed by atoms with Crippen LogP contribution >= 0.6 is 0 Å². The number of hydrogen-bond donors (Lipinski definition) is 2. The molecule has 0 aromatic carbocycles. The van der Waals surface area contributed by atoms with E-state index in [4.69, 9.17) is 5.73 Å². The maximum atomic E-state index is 5.73. The van der Waals surface area contributed by atoms with Gasteiger partial charge in [0.1, 0.15) is 5.82 Å². The molecule has 3 heteroatoms. The van der Waals surface area contributed by atoms with Crippen molar-refractivity contribution in [3.63, 3.8) is 0 Å². The van der Waals surface area contributed by atoms with E-state index in [0.717, 1.165) is 12.4 Å². The Morgan fingerprint density at radius 2 is 2.17 bits per heavy atom. The van der Waals surface area contributed by atoms with Crippen LogP contribution in [0.15, 0.2) is 0 Å². The van der Waals surface area contributed by atoms with Crippen molar-refractivity contribution in [2.24, 2.45) is 5.73 Å². The van der Waals surface area contributed by atoms with Crippen LogP contribution in [0.4, 0.5) is 0 Å². The van der Waals surface area contributed by atoms with Gasteiger partial charge in [-0.2, -0.15) is 0 Å². The summed E-state index contributed by atoms with van der Waals surface area (Å²) in [6, 6.07) is 0. The Hall–Kier alpha value is -0.830. The summed E-state index contributed by atoms with van der Waals surface area (Å²) in [6.07, 6.45) is 2.41. The van der Waals surface area contributed by atoms with Crippen molar-refractivity contribution in [1.82, 2.24) is 9.97 Å². The zero-order valence-electron chi connectivity index (χ0n) is 7.65. The molecule has 0 atom stereocenters. The highest BCUT2D eigenvalue weighted by molar-refractivity contribution is 5.29. The van der Waals surface area contributed by atoms with E-state index in [1.54, 1.807) is 0 Å². The van der Waals surface area contributed by atoms with Crippen molar-refractivity contribution < 1.29 is 0 Å². The van der Waals surface area contributed by atoms with E-state index in [-0.39, 0.29) is 5.41 Å². The number of nitrogens with one attached hydrogen (secondary N) is 1. The summed E-state index contributed by atoms with van der Waals surface area (Å²) in [4.78, 5) is 7.70. The zero-order valence-corrected chi connectivity index (χ0v) is 7.65. The molecule has 0 saturated heterocycles. The molecule has 1 aromatic rings. The van der Waals surface area contributed by atoms with Crippen molar-refractivity contribution in [2.75, 3.05) is 6.54 Å². The molecule has 1 aromatic heterocycles. The number of nitrogens with two attached hydrogens (primary N) is 1. The maximum Gasteiger partial charge on any atom is 0.103 e. The molecule has 0 amide bonds. The van der Waals surface area contributed by atoms with Gasteiger partial charge in [-0.15, -0.1) is 0 Å². The Balaban J connectivity index is 2.39. The van der Waals surface area contributed by atoms with Crippen molar-refractivity contribution in [3.8, 4) is 0 Å². The van der Waals surface area contributed by atoms with Crippen LogP contribution in [0.5, 0.6) is 0 Å². The molecule has 1 fully saturated rings. The second-order valence-electron chi connectivity index (χ2n) is 3.78. The van der Waals surface area contributed by atoms with Crippen molar-refractivity contribution >= 4 is 0 Å². The fourth-order valence-corrected chi connectivity index (χ4v) is 1.81. The highest BCUT2D eigenvalue weighted by Gasteiger charge is 2.45. The van der Waals surface area contributed by atoms with E-state index < -0.39 is 0 Å². The molecule has 1 aliphatic carbocycles. The highest BCUT2D eigenvalue weighted by atomic mass is 15.0. The third-order valence-electron chi connectivity index (χ3n) is 2.75. The third-order valence-corrected chi connectivity index (χ3v) is 2.75. The minimum Gasteiger partial charge on any atom is -0.346 e. The van der Waals surface area contributed by atoms with Crippen LogP contribution in [0.1, 0.15) is 30.1 Å². The maximum absolute atomic E-state index is 5.73. The number of aryl methyl sites for hydroxylation is 2. The van der Waals surface area contributed by atoms with Crippen LogP contribution in [-0.4, -0.2) is 16.5 Å². The van der Waals surface area contributed by atoms with Gasteiger partial charge in [0.15, 0.2) is 0 Å². The molecule has 66 valence electrons. The lowest BCUT2D eigenvalue weighted by Gasteiger charge is -2.09. The number of H-pyrrole nitrogens is 1. The summed E-state index contributed by atoms with van der Waals surface area (Å²) in [6.45, 7) is 4.80. The van der Waals surface area contributed by atoms with Crippen LogP contribution < -0.4 is 5.73 Å². The van der Waals surface area contributed by atoms with E-state index >= 15 is 0 Å². The van der Waals surface area contributed by atoms with E-state index in [2.05, 4.69) is 16.9 Å². The van der Waals surface area contributed by atoms with Gasteiger partial charge in [-0.25, -0.2) is 4.98 Å². The van der Waals surface area contributed by atoms with Crippen molar-refractivity contribution in [2.45, 2.75) is 32.1 Å². The third kappa shape index (κ3) is 0.966. The Labute approximate surface area is 72.4 Å². The van der Waals surface area contributed by atoms with Gasteiger partial charge in [0.05, 0.1) is 5.69 Å². The van der Waals surface area contributed by atoms with Crippen LogP contribution in [0.25, 0.3) is 0 Å². The summed E-state index contributed by atoms with van der Waals surface area (Å²) in [7, 11) is 0. The van der Waals surface area contributed by atoms with Crippen LogP contribution in [0.3, 0.4) is 0 Å². The van der Waals surface area contributed by atoms with Crippen molar-refractivity contribution in [1.29, 1.82) is 0 Å². The molecular formula is C9H15N3. The molecule has 1 heterocycles. The molecule has 3 N–H and O–H groups in total. The number of aromatic nitrogens is 2. The standard InChI is InChI=1S/C9H15N3/c1-6-8(12-7(2)11-6)9(5-10)3-4-9/h3-5,10H2,1-2H3,(H,11,12). The first-order chi connectivity index (χ1) is 5.68. The summed E-state index contributed by atoms with van der Waals surface area (Å²) >= 11 is 0. The predicted molar refractivity (Wildman–Crippen MR) is 48.0 cm³/mol. The Morgan fingerprint density at radius 3 is 2.50 bits per heavy atom. The average Bonchev–Trinajstić information content (AvgIpc) is 2.74. The fourth-order valence-electron chi connectivity index (χ4n) is 1.81. The van der Waals surface area contributed by atoms with Gasteiger partial charge in [-0.3, -0.25) is 0 Å². The number of hydrogen-bond acceptors (Lipinski definition) is 2. The van der Waals surface area contributed by atoms with Crippen LogP contribution in [0, 0.1) is 13.8 Å². The van der Waals surface area contributed by atoms with Gasteiger partial charge in [0, 0.05) is 17.7 Å². The Kier molecular flexibility index (Phi) is 1.51. The first-order valence-electron chi connectivity index (χ1n) is 4.42. The highest BCUT2D eigenvalue weighted by Crippen LogP contribution is 2.47. The van der Waals surface area contributed by atoms with Gasteiger partial charge >= 0.3 is 0 Å². The average molecular weight is 165 g/mol. The van der Waals surface area contributed by atoms with E-state index in [1.807, 2.05) is 6.92 Å². The first kappa shape index (κ1) is 7.80. The number of nitrogens with zero attached hydrogens (tertiary/aromatic N) is 1. The molecule has 0 spiro atoms. The second-order valence-corrected chi connectivity index (χ2v) is 3.78. The lowest BCUT2D eigenvalue weighted by Crippen LogP contribution is -2.21. The first-order valence-corrected chi connectivity index (χ1v) is 4.42. The molecule has 0 unspecified atom stereocenters. The lowest BCUT2D eigenvalue weighted by atomic mass is 10.0. The van der Waals surface area contributed by atoms with Gasteiger partial charge < -0.3 is 10.7 Å². The summed E-state index contributed by atoms with van der Waals surface area (Å²) < 4.78 is 0. The minimum absolute atomic E-state index is 0.231. The van der Waals surface area contributed by atoms with E-state index in [9.17, 15) is 0 Å². The zero-order chi connectivity index (χ0) is 8.77. The van der Waals surface area contributed by atoms with Gasteiger partial charge in [0.2, 0.25) is 0 Å². The second kappa shape index (κ2) is 2.33. The topological polar surface area (TPSA) is 54.7 Å².